The minimum atomic E-state index is -0.183. The molecule has 1 fully saturated rings. The predicted octanol–water partition coefficient (Wildman–Crippen LogP) is 1.26. The first-order chi connectivity index (χ1) is 8.74. The van der Waals surface area contributed by atoms with Gasteiger partial charge in [0.1, 0.15) is 0 Å². The monoisotopic (exact) mass is 253 g/mol. The van der Waals surface area contributed by atoms with E-state index in [0.717, 1.165) is 38.8 Å². The number of hydrogen-bond donors (Lipinski definition) is 2. The summed E-state index contributed by atoms with van der Waals surface area (Å²) in [6.45, 7) is 6.18. The van der Waals surface area contributed by atoms with Crippen LogP contribution in [0.3, 0.4) is 0 Å². The molecule has 0 aromatic carbocycles. The zero-order valence-electron chi connectivity index (χ0n) is 10.9. The highest BCUT2D eigenvalue weighted by Crippen LogP contribution is 2.10. The van der Waals surface area contributed by atoms with Crippen molar-refractivity contribution in [2.45, 2.75) is 32.1 Å². The van der Waals surface area contributed by atoms with E-state index in [1.165, 1.54) is 0 Å². The number of carbonyl (C=O) groups excluding carboxylic acids is 2. The molecule has 2 N–H and O–H groups in total. The molecule has 0 bridgehead atoms. The second-order valence-corrected chi connectivity index (χ2v) is 4.47. The lowest BCUT2D eigenvalue weighted by Crippen LogP contribution is -2.38. The molecule has 1 saturated heterocycles. The molecule has 0 radical (unpaired) electrons. The minimum absolute atomic E-state index is 0.183. The predicted molar refractivity (Wildman–Crippen MR) is 71.3 cm³/mol. The van der Waals surface area contributed by atoms with Gasteiger partial charge in [-0.2, -0.15) is 0 Å². The molecule has 0 spiro atoms. The van der Waals surface area contributed by atoms with Crippen molar-refractivity contribution in [2.24, 2.45) is 0 Å². The van der Waals surface area contributed by atoms with Crippen LogP contribution in [0.25, 0.3) is 0 Å². The van der Waals surface area contributed by atoms with Crippen LogP contribution in [0.1, 0.15) is 32.1 Å². The van der Waals surface area contributed by atoms with Crippen LogP contribution in [-0.4, -0.2) is 43.0 Å². The Morgan fingerprint density at radius 1 is 1.33 bits per heavy atom. The van der Waals surface area contributed by atoms with Gasteiger partial charge in [0.25, 0.3) is 0 Å². The largest absolute Gasteiger partial charge is 0.343 e. The Kier molecular flexibility index (Phi) is 6.91. The van der Waals surface area contributed by atoms with E-state index in [2.05, 4.69) is 17.2 Å². The molecule has 0 aliphatic carbocycles. The van der Waals surface area contributed by atoms with Gasteiger partial charge in [0.05, 0.1) is 0 Å². The third-order valence-electron chi connectivity index (χ3n) is 2.97. The maximum atomic E-state index is 11.7. The summed E-state index contributed by atoms with van der Waals surface area (Å²) in [5, 5.41) is 5.39. The molecule has 1 heterocycles. The summed E-state index contributed by atoms with van der Waals surface area (Å²) in [5.74, 6) is 0.253. The molecule has 1 aliphatic heterocycles. The molecular weight excluding hydrogens is 230 g/mol. The molecule has 102 valence electrons. The number of urea groups is 1. The van der Waals surface area contributed by atoms with Crippen LogP contribution in [0, 0.1) is 0 Å². The number of carbonyl (C=O) groups is 2. The topological polar surface area (TPSA) is 61.4 Å². The van der Waals surface area contributed by atoms with Gasteiger partial charge in [0.2, 0.25) is 5.91 Å². The van der Waals surface area contributed by atoms with E-state index in [9.17, 15) is 9.59 Å². The van der Waals surface area contributed by atoms with Crippen molar-refractivity contribution < 1.29 is 9.59 Å². The Bertz CT molecular complexity index is 292. The lowest BCUT2D eigenvalue weighted by atomic mass is 10.2. The average Bonchev–Trinajstić information content (AvgIpc) is 2.57. The normalized spacial score (nSPS) is 16.0. The standard InChI is InChI=1S/C13H23N3O2/c1-2-8-14-13(18)15-9-6-11-16-10-5-3-4-7-12(16)17/h2H,1,3-11H2,(H2,14,15,18). The van der Waals surface area contributed by atoms with Crippen molar-refractivity contribution in [2.75, 3.05) is 26.2 Å². The molecule has 1 aliphatic rings. The fourth-order valence-electron chi connectivity index (χ4n) is 1.97. The van der Waals surface area contributed by atoms with Gasteiger partial charge in [0, 0.05) is 32.6 Å². The molecule has 1 rings (SSSR count). The Morgan fingerprint density at radius 3 is 2.94 bits per heavy atom. The molecule has 5 heteroatoms. The number of rotatable bonds is 6. The molecule has 3 amide bonds. The molecule has 0 atom stereocenters. The van der Waals surface area contributed by atoms with E-state index in [0.29, 0.717) is 19.5 Å². The lowest BCUT2D eigenvalue weighted by Gasteiger charge is -2.20. The van der Waals surface area contributed by atoms with Gasteiger partial charge in [-0.05, 0) is 19.3 Å². The van der Waals surface area contributed by atoms with Crippen molar-refractivity contribution in [3.05, 3.63) is 12.7 Å². The van der Waals surface area contributed by atoms with Crippen molar-refractivity contribution in [1.82, 2.24) is 15.5 Å². The summed E-state index contributed by atoms with van der Waals surface area (Å²) in [4.78, 5) is 24.8. The summed E-state index contributed by atoms with van der Waals surface area (Å²) in [5.41, 5.74) is 0. The zero-order valence-corrected chi connectivity index (χ0v) is 10.9. The zero-order chi connectivity index (χ0) is 13.2. The van der Waals surface area contributed by atoms with Gasteiger partial charge >= 0.3 is 6.03 Å². The van der Waals surface area contributed by atoms with E-state index in [4.69, 9.17) is 0 Å². The Morgan fingerprint density at radius 2 is 2.17 bits per heavy atom. The quantitative estimate of drug-likeness (QED) is 0.553. The number of hydrogen-bond acceptors (Lipinski definition) is 2. The van der Waals surface area contributed by atoms with Crippen LogP contribution >= 0.6 is 0 Å². The van der Waals surface area contributed by atoms with E-state index >= 15 is 0 Å². The Labute approximate surface area is 109 Å². The molecule has 5 nitrogen and oxygen atoms in total. The second kappa shape index (κ2) is 8.55. The Balaban J connectivity index is 2.10. The van der Waals surface area contributed by atoms with Crippen molar-refractivity contribution in [3.63, 3.8) is 0 Å². The maximum absolute atomic E-state index is 11.7. The van der Waals surface area contributed by atoms with Gasteiger partial charge in [-0.15, -0.1) is 6.58 Å². The van der Waals surface area contributed by atoms with Crippen LogP contribution in [0.4, 0.5) is 4.79 Å². The van der Waals surface area contributed by atoms with Crippen molar-refractivity contribution >= 4 is 11.9 Å². The van der Waals surface area contributed by atoms with Gasteiger partial charge in [-0.25, -0.2) is 4.79 Å². The summed E-state index contributed by atoms with van der Waals surface area (Å²) < 4.78 is 0. The van der Waals surface area contributed by atoms with Gasteiger partial charge in [0.15, 0.2) is 0 Å². The minimum Gasteiger partial charge on any atom is -0.343 e. The van der Waals surface area contributed by atoms with E-state index in [1.54, 1.807) is 6.08 Å². The van der Waals surface area contributed by atoms with Crippen LogP contribution in [0.5, 0.6) is 0 Å². The van der Waals surface area contributed by atoms with E-state index in [1.807, 2.05) is 4.90 Å². The fraction of sp³-hybridized carbons (Fsp3) is 0.692. The van der Waals surface area contributed by atoms with Crippen LogP contribution in [-0.2, 0) is 4.79 Å². The van der Waals surface area contributed by atoms with Crippen LogP contribution in [0.2, 0.25) is 0 Å². The first kappa shape index (κ1) is 14.5. The SMILES string of the molecule is C=CCNC(=O)NCCCN1CCCCCC1=O. The second-order valence-electron chi connectivity index (χ2n) is 4.47. The number of likely N-dealkylation sites (tertiary alicyclic amines) is 1. The molecule has 0 unspecified atom stereocenters. The maximum Gasteiger partial charge on any atom is 0.315 e. The molecule has 0 aromatic rings. The fourth-order valence-corrected chi connectivity index (χ4v) is 1.97. The third kappa shape index (κ3) is 5.70. The number of nitrogens with zero attached hydrogens (tertiary/aromatic N) is 1. The highest BCUT2D eigenvalue weighted by molar-refractivity contribution is 5.76. The van der Waals surface area contributed by atoms with E-state index in [-0.39, 0.29) is 11.9 Å². The summed E-state index contributed by atoms with van der Waals surface area (Å²) >= 11 is 0. The number of amides is 3. The summed E-state index contributed by atoms with van der Waals surface area (Å²) in [6.07, 6.45) is 6.36. The Hall–Kier alpha value is -1.52. The smallest absolute Gasteiger partial charge is 0.315 e. The first-order valence-corrected chi connectivity index (χ1v) is 6.64. The first-order valence-electron chi connectivity index (χ1n) is 6.64. The van der Waals surface area contributed by atoms with Crippen LogP contribution in [0.15, 0.2) is 12.7 Å². The average molecular weight is 253 g/mol. The molecule has 0 saturated carbocycles. The highest BCUT2D eigenvalue weighted by atomic mass is 16.2. The van der Waals surface area contributed by atoms with Gasteiger partial charge in [-0.1, -0.05) is 12.5 Å². The molecule has 0 aromatic heterocycles. The van der Waals surface area contributed by atoms with E-state index < -0.39 is 0 Å². The highest BCUT2D eigenvalue weighted by Gasteiger charge is 2.15. The van der Waals surface area contributed by atoms with Crippen molar-refractivity contribution in [1.29, 1.82) is 0 Å². The lowest BCUT2D eigenvalue weighted by molar-refractivity contribution is -0.130. The molecule has 18 heavy (non-hydrogen) atoms. The third-order valence-corrected chi connectivity index (χ3v) is 2.97. The summed E-state index contributed by atoms with van der Waals surface area (Å²) in [6, 6.07) is -0.183. The van der Waals surface area contributed by atoms with Crippen LogP contribution < -0.4 is 10.6 Å². The summed E-state index contributed by atoms with van der Waals surface area (Å²) in [7, 11) is 0. The molecular formula is C13H23N3O2. The number of nitrogens with one attached hydrogen (secondary N) is 2. The van der Waals surface area contributed by atoms with Gasteiger partial charge < -0.3 is 15.5 Å². The van der Waals surface area contributed by atoms with Gasteiger partial charge in [-0.3, -0.25) is 4.79 Å². The van der Waals surface area contributed by atoms with Crippen molar-refractivity contribution in [3.8, 4) is 0 Å².